The lowest BCUT2D eigenvalue weighted by Crippen LogP contribution is -2.28. The fourth-order valence-corrected chi connectivity index (χ4v) is 2.32. The molecule has 0 N–H and O–H groups in total. The molecular formula is C14H14N2. The Balaban J connectivity index is 2.20. The zero-order valence-electron chi connectivity index (χ0n) is 9.62. The largest absolute Gasteiger partial charge is 0.259 e. The standard InChI is InChI=1S/C14H14N2/c1-9-3-5-11(7-9)12-6-4-10(2)13-14(12)16-8-15-13/h3-6H,7-8H2,1-2H3. The van der Waals surface area contributed by atoms with Crippen LogP contribution < -0.4 is 10.7 Å². The lowest BCUT2D eigenvalue weighted by atomic mass is 10.0. The van der Waals surface area contributed by atoms with Gasteiger partial charge in [-0.2, -0.15) is 0 Å². The molecule has 0 saturated heterocycles. The molecule has 1 aliphatic carbocycles. The summed E-state index contributed by atoms with van der Waals surface area (Å²) in [4.78, 5) is 8.94. The Morgan fingerprint density at radius 2 is 1.81 bits per heavy atom. The van der Waals surface area contributed by atoms with Crippen LogP contribution in [0.25, 0.3) is 5.57 Å². The molecule has 1 aliphatic heterocycles. The van der Waals surface area contributed by atoms with E-state index in [4.69, 9.17) is 0 Å². The normalized spacial score (nSPS) is 17.4. The van der Waals surface area contributed by atoms with Gasteiger partial charge in [0.15, 0.2) is 0 Å². The van der Waals surface area contributed by atoms with E-state index in [9.17, 15) is 0 Å². The molecule has 0 bridgehead atoms. The minimum absolute atomic E-state index is 0.590. The molecule has 1 heterocycles. The summed E-state index contributed by atoms with van der Waals surface area (Å²) in [6.07, 6.45) is 5.44. The highest BCUT2D eigenvalue weighted by atomic mass is 15.0. The molecule has 16 heavy (non-hydrogen) atoms. The summed E-state index contributed by atoms with van der Waals surface area (Å²) in [5.41, 5.74) is 5.27. The topological polar surface area (TPSA) is 24.7 Å². The molecule has 1 aromatic rings. The molecule has 80 valence electrons. The Morgan fingerprint density at radius 1 is 1.00 bits per heavy atom. The number of aryl methyl sites for hydroxylation is 1. The van der Waals surface area contributed by atoms with Crippen LogP contribution in [0.3, 0.4) is 0 Å². The Hall–Kier alpha value is -1.70. The molecule has 0 aromatic heterocycles. The third-order valence-electron chi connectivity index (χ3n) is 3.19. The van der Waals surface area contributed by atoms with Gasteiger partial charge in [-0.05, 0) is 31.4 Å². The first-order chi connectivity index (χ1) is 7.75. The molecule has 0 spiro atoms. The van der Waals surface area contributed by atoms with Crippen molar-refractivity contribution in [2.24, 2.45) is 9.98 Å². The zero-order chi connectivity index (χ0) is 11.1. The van der Waals surface area contributed by atoms with E-state index in [1.54, 1.807) is 0 Å². The van der Waals surface area contributed by atoms with Crippen molar-refractivity contribution in [3.05, 3.63) is 51.7 Å². The summed E-state index contributed by atoms with van der Waals surface area (Å²) in [6, 6.07) is 4.32. The van der Waals surface area contributed by atoms with E-state index in [1.807, 2.05) is 0 Å². The summed E-state index contributed by atoms with van der Waals surface area (Å²) in [5, 5.41) is 2.18. The number of hydrogen-bond donors (Lipinski definition) is 0. The smallest absolute Gasteiger partial charge is 0.130 e. The summed E-state index contributed by atoms with van der Waals surface area (Å²) in [7, 11) is 0. The van der Waals surface area contributed by atoms with E-state index in [0.29, 0.717) is 6.67 Å². The van der Waals surface area contributed by atoms with Gasteiger partial charge in [0.25, 0.3) is 0 Å². The summed E-state index contributed by atoms with van der Waals surface area (Å²) >= 11 is 0. The molecule has 0 unspecified atom stereocenters. The van der Waals surface area contributed by atoms with E-state index in [-0.39, 0.29) is 0 Å². The Morgan fingerprint density at radius 3 is 2.56 bits per heavy atom. The van der Waals surface area contributed by atoms with Gasteiger partial charge in [-0.1, -0.05) is 29.9 Å². The van der Waals surface area contributed by atoms with Crippen molar-refractivity contribution in [2.45, 2.75) is 20.3 Å². The second-order valence-electron chi connectivity index (χ2n) is 4.47. The van der Waals surface area contributed by atoms with Crippen molar-refractivity contribution >= 4 is 5.57 Å². The van der Waals surface area contributed by atoms with Crippen molar-refractivity contribution < 1.29 is 0 Å². The molecular weight excluding hydrogens is 196 g/mol. The number of rotatable bonds is 1. The summed E-state index contributed by atoms with van der Waals surface area (Å²) in [6.45, 7) is 4.85. The first-order valence-corrected chi connectivity index (χ1v) is 5.61. The highest BCUT2D eigenvalue weighted by molar-refractivity contribution is 5.72. The van der Waals surface area contributed by atoms with E-state index in [2.05, 4.69) is 48.1 Å². The van der Waals surface area contributed by atoms with Crippen molar-refractivity contribution in [1.82, 2.24) is 0 Å². The Kier molecular flexibility index (Phi) is 2.03. The second kappa shape index (κ2) is 3.41. The van der Waals surface area contributed by atoms with Crippen molar-refractivity contribution in [1.29, 1.82) is 0 Å². The van der Waals surface area contributed by atoms with Crippen LogP contribution in [0.4, 0.5) is 0 Å². The number of fused-ring (bicyclic) bond motifs is 1. The van der Waals surface area contributed by atoms with Crippen LogP contribution in [-0.4, -0.2) is 6.67 Å². The SMILES string of the molecule is CC1=CC=C(c2ccc(C)c3c2=NCN=3)C1. The maximum absolute atomic E-state index is 4.50. The number of benzene rings is 1. The average Bonchev–Trinajstić information content (AvgIpc) is 2.87. The molecule has 2 heteroatoms. The molecule has 0 radical (unpaired) electrons. The third kappa shape index (κ3) is 1.33. The molecule has 2 aliphatic rings. The van der Waals surface area contributed by atoms with Crippen LogP contribution in [0.5, 0.6) is 0 Å². The van der Waals surface area contributed by atoms with Crippen LogP contribution in [0.1, 0.15) is 24.5 Å². The first kappa shape index (κ1) is 9.52. The average molecular weight is 210 g/mol. The van der Waals surface area contributed by atoms with Gasteiger partial charge in [0.2, 0.25) is 0 Å². The highest BCUT2D eigenvalue weighted by Crippen LogP contribution is 2.25. The van der Waals surface area contributed by atoms with E-state index in [1.165, 1.54) is 22.3 Å². The molecule has 0 fully saturated rings. The molecule has 3 rings (SSSR count). The molecule has 0 atom stereocenters. The van der Waals surface area contributed by atoms with Gasteiger partial charge in [-0.3, -0.25) is 9.98 Å². The van der Waals surface area contributed by atoms with E-state index in [0.717, 1.165) is 17.1 Å². The second-order valence-corrected chi connectivity index (χ2v) is 4.47. The highest BCUT2D eigenvalue weighted by Gasteiger charge is 2.12. The van der Waals surface area contributed by atoms with Crippen LogP contribution in [-0.2, 0) is 0 Å². The van der Waals surface area contributed by atoms with Crippen molar-refractivity contribution in [3.63, 3.8) is 0 Å². The minimum Gasteiger partial charge on any atom is -0.259 e. The number of nitrogens with zero attached hydrogens (tertiary/aromatic N) is 2. The fraction of sp³-hybridized carbons (Fsp3) is 0.286. The van der Waals surface area contributed by atoms with Gasteiger partial charge < -0.3 is 0 Å². The maximum Gasteiger partial charge on any atom is 0.130 e. The quantitative estimate of drug-likeness (QED) is 0.676. The maximum atomic E-state index is 4.50. The van der Waals surface area contributed by atoms with Gasteiger partial charge in [0, 0.05) is 5.56 Å². The van der Waals surface area contributed by atoms with Gasteiger partial charge >= 0.3 is 0 Å². The van der Waals surface area contributed by atoms with Gasteiger partial charge in [-0.25, -0.2) is 0 Å². The Labute approximate surface area is 94.8 Å². The number of hydrogen-bond acceptors (Lipinski definition) is 2. The fourth-order valence-electron chi connectivity index (χ4n) is 2.32. The predicted octanol–water partition coefficient (Wildman–Crippen LogP) is 1.94. The van der Waals surface area contributed by atoms with Crippen LogP contribution >= 0.6 is 0 Å². The Bertz CT molecular complexity index is 633. The third-order valence-corrected chi connectivity index (χ3v) is 3.19. The van der Waals surface area contributed by atoms with Crippen molar-refractivity contribution in [3.8, 4) is 0 Å². The van der Waals surface area contributed by atoms with E-state index < -0.39 is 0 Å². The van der Waals surface area contributed by atoms with Crippen LogP contribution in [0, 0.1) is 6.92 Å². The molecule has 1 aromatic carbocycles. The minimum atomic E-state index is 0.590. The lowest BCUT2D eigenvalue weighted by molar-refractivity contribution is 1.05. The molecule has 2 nitrogen and oxygen atoms in total. The summed E-state index contributed by atoms with van der Waals surface area (Å²) in [5.74, 6) is 0. The van der Waals surface area contributed by atoms with Gasteiger partial charge in [0.05, 0.1) is 10.7 Å². The molecule has 0 amide bonds. The lowest BCUT2D eigenvalue weighted by Gasteiger charge is -2.04. The summed E-state index contributed by atoms with van der Waals surface area (Å²) < 4.78 is 0. The predicted molar refractivity (Wildman–Crippen MR) is 64.7 cm³/mol. The van der Waals surface area contributed by atoms with Gasteiger partial charge in [0.1, 0.15) is 6.67 Å². The zero-order valence-corrected chi connectivity index (χ0v) is 9.62. The van der Waals surface area contributed by atoms with Crippen LogP contribution in [0.15, 0.2) is 39.8 Å². The van der Waals surface area contributed by atoms with Crippen LogP contribution in [0.2, 0.25) is 0 Å². The van der Waals surface area contributed by atoms with E-state index >= 15 is 0 Å². The number of allylic oxidation sites excluding steroid dienone is 4. The van der Waals surface area contributed by atoms with Crippen molar-refractivity contribution in [2.75, 3.05) is 6.67 Å². The monoisotopic (exact) mass is 210 g/mol. The molecule has 0 saturated carbocycles. The first-order valence-electron chi connectivity index (χ1n) is 5.61. The van der Waals surface area contributed by atoms with Gasteiger partial charge in [-0.15, -0.1) is 0 Å².